The van der Waals surface area contributed by atoms with E-state index in [2.05, 4.69) is 20.8 Å². The van der Waals surface area contributed by atoms with Gasteiger partial charge in [0.1, 0.15) is 6.29 Å². The smallest absolute Gasteiger partial charge is 0.142 e. The lowest BCUT2D eigenvalue weighted by Gasteiger charge is -2.09. The first-order valence-electron chi connectivity index (χ1n) is 5.27. The predicted octanol–water partition coefficient (Wildman–Crippen LogP) is 3.59. The lowest BCUT2D eigenvalue weighted by Crippen LogP contribution is -1.95. The summed E-state index contributed by atoms with van der Waals surface area (Å²) in [6.07, 6.45) is 9.36. The SMILES string of the molecule is CC(C)CCCC(C)C/C=C\C=O. The molecule has 0 aromatic rings. The Hall–Kier alpha value is -0.590. The second-order valence-electron chi connectivity index (χ2n) is 4.23. The standard InChI is InChI=1S/C12H22O/c1-11(2)7-6-9-12(3)8-4-5-10-13/h4-5,10-12H,6-9H2,1-3H3/b5-4-. The Labute approximate surface area is 82.2 Å². The van der Waals surface area contributed by atoms with Gasteiger partial charge in [-0.05, 0) is 24.3 Å². The highest BCUT2D eigenvalue weighted by Crippen LogP contribution is 2.15. The normalized spacial score (nSPS) is 13.8. The molecule has 0 bridgehead atoms. The molecule has 0 aromatic heterocycles. The lowest BCUT2D eigenvalue weighted by atomic mass is 9.97. The molecule has 1 nitrogen and oxygen atoms in total. The Bertz CT molecular complexity index is 147. The number of hydrogen-bond acceptors (Lipinski definition) is 1. The molecule has 13 heavy (non-hydrogen) atoms. The van der Waals surface area contributed by atoms with Crippen LogP contribution in [0.1, 0.15) is 46.5 Å². The largest absolute Gasteiger partial charge is 0.299 e. The van der Waals surface area contributed by atoms with Crippen molar-refractivity contribution in [1.82, 2.24) is 0 Å². The molecule has 1 atom stereocenters. The molecule has 0 heterocycles. The maximum atomic E-state index is 10.0. The van der Waals surface area contributed by atoms with Crippen LogP contribution >= 0.6 is 0 Å². The second kappa shape index (κ2) is 8.03. The van der Waals surface area contributed by atoms with Crippen LogP contribution in [0.2, 0.25) is 0 Å². The molecule has 0 saturated carbocycles. The minimum atomic E-state index is 0.718. The van der Waals surface area contributed by atoms with Crippen LogP contribution in [0.5, 0.6) is 0 Å². The maximum Gasteiger partial charge on any atom is 0.142 e. The predicted molar refractivity (Wildman–Crippen MR) is 57.7 cm³/mol. The van der Waals surface area contributed by atoms with Gasteiger partial charge in [0, 0.05) is 0 Å². The molecular formula is C12H22O. The minimum Gasteiger partial charge on any atom is -0.299 e. The molecule has 0 spiro atoms. The fraction of sp³-hybridized carbons (Fsp3) is 0.750. The third-order valence-electron chi connectivity index (χ3n) is 2.23. The first-order valence-corrected chi connectivity index (χ1v) is 5.27. The number of carbonyl (C=O) groups excluding carboxylic acids is 1. The van der Waals surface area contributed by atoms with Crippen molar-refractivity contribution >= 4 is 6.29 Å². The van der Waals surface area contributed by atoms with E-state index in [9.17, 15) is 4.79 Å². The summed E-state index contributed by atoms with van der Waals surface area (Å²) in [6.45, 7) is 6.77. The Morgan fingerprint density at radius 2 is 1.85 bits per heavy atom. The van der Waals surface area contributed by atoms with Crippen LogP contribution in [0.4, 0.5) is 0 Å². The van der Waals surface area contributed by atoms with Gasteiger partial charge in [0.2, 0.25) is 0 Å². The molecule has 1 unspecified atom stereocenters. The summed E-state index contributed by atoms with van der Waals surface area (Å²) in [5, 5.41) is 0. The Balaban J connectivity index is 3.34. The molecule has 0 rings (SSSR count). The summed E-state index contributed by atoms with van der Waals surface area (Å²) in [4.78, 5) is 10.0. The molecule has 0 amide bonds. The van der Waals surface area contributed by atoms with Gasteiger partial charge >= 0.3 is 0 Å². The number of carbonyl (C=O) groups is 1. The van der Waals surface area contributed by atoms with Crippen molar-refractivity contribution in [2.75, 3.05) is 0 Å². The maximum absolute atomic E-state index is 10.0. The highest BCUT2D eigenvalue weighted by Gasteiger charge is 2.00. The molecule has 0 aliphatic rings. The van der Waals surface area contributed by atoms with E-state index in [4.69, 9.17) is 0 Å². The van der Waals surface area contributed by atoms with Crippen LogP contribution in [0, 0.1) is 11.8 Å². The molecule has 1 heteroatoms. The van der Waals surface area contributed by atoms with Gasteiger partial charge < -0.3 is 0 Å². The summed E-state index contributed by atoms with van der Waals surface area (Å²) in [6, 6.07) is 0. The highest BCUT2D eigenvalue weighted by atomic mass is 16.1. The number of aldehydes is 1. The molecule has 0 radical (unpaired) electrons. The number of hydrogen-bond donors (Lipinski definition) is 0. The topological polar surface area (TPSA) is 17.1 Å². The van der Waals surface area contributed by atoms with Gasteiger partial charge in [0.25, 0.3) is 0 Å². The van der Waals surface area contributed by atoms with E-state index in [0.717, 1.165) is 24.5 Å². The van der Waals surface area contributed by atoms with Crippen molar-refractivity contribution < 1.29 is 4.79 Å². The van der Waals surface area contributed by atoms with Crippen LogP contribution in [0.15, 0.2) is 12.2 Å². The number of rotatable bonds is 7. The number of allylic oxidation sites excluding steroid dienone is 2. The summed E-state index contributed by atoms with van der Waals surface area (Å²) in [5.41, 5.74) is 0. The van der Waals surface area contributed by atoms with Crippen LogP contribution < -0.4 is 0 Å². The van der Waals surface area contributed by atoms with Gasteiger partial charge in [-0.3, -0.25) is 4.79 Å². The zero-order chi connectivity index (χ0) is 10.1. The van der Waals surface area contributed by atoms with Gasteiger partial charge in [-0.25, -0.2) is 0 Å². The van der Waals surface area contributed by atoms with Gasteiger partial charge in [0.05, 0.1) is 0 Å². The molecule has 0 aromatic carbocycles. The molecule has 76 valence electrons. The van der Waals surface area contributed by atoms with Crippen molar-refractivity contribution in [2.24, 2.45) is 11.8 Å². The fourth-order valence-corrected chi connectivity index (χ4v) is 1.36. The molecule has 0 N–H and O–H groups in total. The fourth-order valence-electron chi connectivity index (χ4n) is 1.36. The van der Waals surface area contributed by atoms with E-state index in [0.29, 0.717) is 0 Å². The molecular weight excluding hydrogens is 160 g/mol. The van der Waals surface area contributed by atoms with Gasteiger partial charge in [-0.15, -0.1) is 0 Å². The van der Waals surface area contributed by atoms with E-state index in [-0.39, 0.29) is 0 Å². The Kier molecular flexibility index (Phi) is 7.66. The third kappa shape index (κ3) is 9.32. The van der Waals surface area contributed by atoms with Gasteiger partial charge in [0.15, 0.2) is 0 Å². The van der Waals surface area contributed by atoms with Gasteiger partial charge in [-0.2, -0.15) is 0 Å². The monoisotopic (exact) mass is 182 g/mol. The lowest BCUT2D eigenvalue weighted by molar-refractivity contribution is -0.104. The summed E-state index contributed by atoms with van der Waals surface area (Å²) >= 11 is 0. The average molecular weight is 182 g/mol. The highest BCUT2D eigenvalue weighted by molar-refractivity contribution is 5.64. The summed E-state index contributed by atoms with van der Waals surface area (Å²) in [7, 11) is 0. The zero-order valence-electron chi connectivity index (χ0n) is 9.12. The first kappa shape index (κ1) is 12.4. The Morgan fingerprint density at radius 3 is 2.38 bits per heavy atom. The third-order valence-corrected chi connectivity index (χ3v) is 2.23. The quantitative estimate of drug-likeness (QED) is 0.434. The zero-order valence-corrected chi connectivity index (χ0v) is 9.12. The molecule has 0 fully saturated rings. The summed E-state index contributed by atoms with van der Waals surface area (Å²) in [5.74, 6) is 1.53. The van der Waals surface area contributed by atoms with Crippen LogP contribution in [-0.4, -0.2) is 6.29 Å². The van der Waals surface area contributed by atoms with E-state index in [1.807, 2.05) is 6.08 Å². The van der Waals surface area contributed by atoms with Crippen LogP contribution in [-0.2, 0) is 4.79 Å². The van der Waals surface area contributed by atoms with Crippen molar-refractivity contribution in [1.29, 1.82) is 0 Å². The van der Waals surface area contributed by atoms with Crippen LogP contribution in [0.25, 0.3) is 0 Å². The average Bonchev–Trinajstić information content (AvgIpc) is 2.04. The molecule has 0 aliphatic carbocycles. The van der Waals surface area contributed by atoms with Crippen molar-refractivity contribution in [2.45, 2.75) is 46.5 Å². The minimum absolute atomic E-state index is 0.718. The van der Waals surface area contributed by atoms with Crippen molar-refractivity contribution in [3.63, 3.8) is 0 Å². The van der Waals surface area contributed by atoms with Crippen molar-refractivity contribution in [3.05, 3.63) is 12.2 Å². The van der Waals surface area contributed by atoms with E-state index < -0.39 is 0 Å². The molecule has 0 aliphatic heterocycles. The second-order valence-corrected chi connectivity index (χ2v) is 4.23. The van der Waals surface area contributed by atoms with E-state index >= 15 is 0 Å². The van der Waals surface area contributed by atoms with Crippen LogP contribution in [0.3, 0.4) is 0 Å². The molecule has 0 saturated heterocycles. The Morgan fingerprint density at radius 1 is 1.15 bits per heavy atom. The first-order chi connectivity index (χ1) is 6.16. The van der Waals surface area contributed by atoms with E-state index in [1.165, 1.54) is 19.3 Å². The summed E-state index contributed by atoms with van der Waals surface area (Å²) < 4.78 is 0. The van der Waals surface area contributed by atoms with Gasteiger partial charge in [-0.1, -0.05) is 46.1 Å². The van der Waals surface area contributed by atoms with Crippen molar-refractivity contribution in [3.8, 4) is 0 Å². The van der Waals surface area contributed by atoms with E-state index in [1.54, 1.807) is 6.08 Å².